The van der Waals surface area contributed by atoms with Crippen LogP contribution in [0.15, 0.2) is 68.5 Å². The molecule has 0 saturated heterocycles. The molecule has 2 aromatic carbocycles. The second-order valence-electron chi connectivity index (χ2n) is 5.00. The highest BCUT2D eigenvalue weighted by Crippen LogP contribution is 2.22. The van der Waals surface area contributed by atoms with Crippen LogP contribution in [0.3, 0.4) is 0 Å². The fraction of sp³-hybridized carbons (Fsp3) is 0.111. The van der Waals surface area contributed by atoms with E-state index in [0.29, 0.717) is 12.1 Å². The number of thiazole rings is 1. The normalized spacial score (nSPS) is 12.2. The number of rotatable bonds is 4. The van der Waals surface area contributed by atoms with Crippen LogP contribution in [-0.4, -0.2) is 17.4 Å². The van der Waals surface area contributed by atoms with Crippen LogP contribution >= 0.6 is 27.3 Å². The first kappa shape index (κ1) is 16.8. The molecule has 1 aromatic heterocycles. The monoisotopic (exact) mass is 403 g/mol. The van der Waals surface area contributed by atoms with Gasteiger partial charge in [0.15, 0.2) is 0 Å². The van der Waals surface area contributed by atoms with Crippen LogP contribution < -0.4 is 4.80 Å². The van der Waals surface area contributed by atoms with Gasteiger partial charge in [-0.1, -0.05) is 40.2 Å². The zero-order chi connectivity index (χ0) is 16.9. The Labute approximate surface area is 152 Å². The Kier molecular flexibility index (Phi) is 5.37. The summed E-state index contributed by atoms with van der Waals surface area (Å²) < 4.78 is 16.1. The molecule has 3 aromatic rings. The summed E-state index contributed by atoms with van der Waals surface area (Å²) in [4.78, 5) is 5.29. The molecule has 0 fully saturated rings. The first-order chi connectivity index (χ1) is 11.7. The van der Waals surface area contributed by atoms with E-state index in [2.05, 4.69) is 26.0 Å². The summed E-state index contributed by atoms with van der Waals surface area (Å²) in [5, 5.41) is 6.55. The smallest absolute Gasteiger partial charge is 0.206 e. The quantitative estimate of drug-likeness (QED) is 0.553. The van der Waals surface area contributed by atoms with Crippen LogP contribution in [0.5, 0.6) is 0 Å². The van der Waals surface area contributed by atoms with Gasteiger partial charge in [-0.2, -0.15) is 5.10 Å². The molecule has 0 aliphatic heterocycles. The summed E-state index contributed by atoms with van der Waals surface area (Å²) in [6.07, 6.45) is 1.65. The van der Waals surface area contributed by atoms with Gasteiger partial charge in [-0.3, -0.25) is 4.99 Å². The van der Waals surface area contributed by atoms with E-state index in [1.54, 1.807) is 17.0 Å². The van der Waals surface area contributed by atoms with E-state index in [0.717, 1.165) is 20.5 Å². The first-order valence-electron chi connectivity index (χ1n) is 7.44. The Morgan fingerprint density at radius 2 is 2.00 bits per heavy atom. The van der Waals surface area contributed by atoms with Crippen LogP contribution in [0.1, 0.15) is 12.5 Å². The molecule has 3 rings (SSSR count). The van der Waals surface area contributed by atoms with Gasteiger partial charge in [0.05, 0.1) is 11.9 Å². The molecule has 0 bridgehead atoms. The molecule has 122 valence electrons. The summed E-state index contributed by atoms with van der Waals surface area (Å²) in [6.45, 7) is 2.66. The standard InChI is InChI=1S/C18H15BrFN3S/c1-2-21-18-23(22-11-13-4-3-5-16(20)10-13)17(12-24-18)14-6-8-15(19)9-7-14/h3-12H,2H2,1H3. The van der Waals surface area contributed by atoms with Gasteiger partial charge in [-0.05, 0) is 36.8 Å². The summed E-state index contributed by atoms with van der Waals surface area (Å²) in [5.41, 5.74) is 2.70. The second kappa shape index (κ2) is 7.68. The second-order valence-corrected chi connectivity index (χ2v) is 6.75. The van der Waals surface area contributed by atoms with Gasteiger partial charge in [0.2, 0.25) is 4.80 Å². The van der Waals surface area contributed by atoms with Crippen molar-refractivity contribution >= 4 is 33.5 Å². The lowest BCUT2D eigenvalue weighted by Crippen LogP contribution is -2.12. The topological polar surface area (TPSA) is 29.6 Å². The van der Waals surface area contributed by atoms with Crippen LogP contribution in [-0.2, 0) is 0 Å². The van der Waals surface area contributed by atoms with Crippen LogP contribution in [0.2, 0.25) is 0 Å². The fourth-order valence-corrected chi connectivity index (χ4v) is 3.35. The Morgan fingerprint density at radius 3 is 2.71 bits per heavy atom. The van der Waals surface area contributed by atoms with Crippen molar-refractivity contribution in [1.29, 1.82) is 0 Å². The lowest BCUT2D eigenvalue weighted by Gasteiger charge is -2.04. The molecule has 0 amide bonds. The molecule has 1 heterocycles. The summed E-state index contributed by atoms with van der Waals surface area (Å²) in [5.74, 6) is -0.277. The minimum atomic E-state index is -0.277. The number of benzene rings is 2. The molecule has 0 N–H and O–H groups in total. The van der Waals surface area contributed by atoms with Gasteiger partial charge < -0.3 is 0 Å². The van der Waals surface area contributed by atoms with Gasteiger partial charge in [-0.25, -0.2) is 9.07 Å². The predicted molar refractivity (Wildman–Crippen MR) is 101 cm³/mol. The van der Waals surface area contributed by atoms with Crippen molar-refractivity contribution < 1.29 is 4.39 Å². The maximum absolute atomic E-state index is 13.3. The third-order valence-electron chi connectivity index (χ3n) is 3.29. The Morgan fingerprint density at radius 1 is 1.21 bits per heavy atom. The van der Waals surface area contributed by atoms with Crippen LogP contribution in [0.25, 0.3) is 11.3 Å². The molecule has 0 saturated carbocycles. The average Bonchev–Trinajstić information content (AvgIpc) is 2.97. The fourth-order valence-electron chi connectivity index (χ4n) is 2.18. The van der Waals surface area contributed by atoms with Crippen molar-refractivity contribution in [3.63, 3.8) is 0 Å². The molecule has 3 nitrogen and oxygen atoms in total. The molecule has 24 heavy (non-hydrogen) atoms. The zero-order valence-corrected chi connectivity index (χ0v) is 15.4. The third-order valence-corrected chi connectivity index (χ3v) is 4.67. The lowest BCUT2D eigenvalue weighted by molar-refractivity contribution is 0.627. The highest BCUT2D eigenvalue weighted by atomic mass is 79.9. The number of hydrogen-bond acceptors (Lipinski definition) is 3. The maximum Gasteiger partial charge on any atom is 0.206 e. The van der Waals surface area contributed by atoms with E-state index in [4.69, 9.17) is 0 Å². The highest BCUT2D eigenvalue weighted by Gasteiger charge is 2.07. The molecule has 0 aliphatic rings. The Hall–Kier alpha value is -2.05. The van der Waals surface area contributed by atoms with Crippen molar-refractivity contribution in [2.75, 3.05) is 6.54 Å². The minimum absolute atomic E-state index is 0.277. The van der Waals surface area contributed by atoms with Gasteiger partial charge in [0.1, 0.15) is 5.82 Å². The Bertz CT molecular complexity index is 926. The highest BCUT2D eigenvalue weighted by molar-refractivity contribution is 9.10. The van der Waals surface area contributed by atoms with Crippen molar-refractivity contribution in [3.05, 3.63) is 74.6 Å². The van der Waals surface area contributed by atoms with Gasteiger partial charge in [-0.15, -0.1) is 11.3 Å². The maximum atomic E-state index is 13.3. The first-order valence-corrected chi connectivity index (χ1v) is 9.11. The largest absolute Gasteiger partial charge is 0.258 e. The molecular weight excluding hydrogens is 389 g/mol. The molecule has 0 radical (unpaired) electrons. The SMILES string of the molecule is CCN=c1scc(-c2ccc(Br)cc2)n1N=Cc1cccc(F)c1. The number of halogens is 2. The van der Waals surface area contributed by atoms with Crippen molar-refractivity contribution in [2.24, 2.45) is 10.1 Å². The minimum Gasteiger partial charge on any atom is -0.258 e. The van der Waals surface area contributed by atoms with Crippen molar-refractivity contribution in [2.45, 2.75) is 6.92 Å². The summed E-state index contributed by atoms with van der Waals surface area (Å²) in [6, 6.07) is 14.4. The molecule has 6 heteroatoms. The molecule has 0 unspecified atom stereocenters. The van der Waals surface area contributed by atoms with Gasteiger partial charge in [0.25, 0.3) is 0 Å². The Balaban J connectivity index is 2.06. The predicted octanol–water partition coefficient (Wildman–Crippen LogP) is 4.92. The zero-order valence-electron chi connectivity index (χ0n) is 13.0. The number of nitrogens with zero attached hydrogens (tertiary/aromatic N) is 3. The molecular formula is C18H15BrFN3S. The van der Waals surface area contributed by atoms with E-state index in [1.807, 2.05) is 42.6 Å². The summed E-state index contributed by atoms with van der Waals surface area (Å²) in [7, 11) is 0. The average molecular weight is 404 g/mol. The molecule has 0 aliphatic carbocycles. The lowest BCUT2D eigenvalue weighted by atomic mass is 10.2. The van der Waals surface area contributed by atoms with E-state index in [1.165, 1.54) is 23.5 Å². The van der Waals surface area contributed by atoms with Gasteiger partial charge >= 0.3 is 0 Å². The van der Waals surface area contributed by atoms with Crippen LogP contribution in [0, 0.1) is 5.82 Å². The van der Waals surface area contributed by atoms with Crippen molar-refractivity contribution in [1.82, 2.24) is 4.68 Å². The van der Waals surface area contributed by atoms with Gasteiger partial charge in [0, 0.05) is 22.0 Å². The van der Waals surface area contributed by atoms with E-state index >= 15 is 0 Å². The molecule has 0 spiro atoms. The van der Waals surface area contributed by atoms with E-state index < -0.39 is 0 Å². The van der Waals surface area contributed by atoms with Crippen LogP contribution in [0.4, 0.5) is 4.39 Å². The van der Waals surface area contributed by atoms with Crippen molar-refractivity contribution in [3.8, 4) is 11.3 Å². The number of hydrogen-bond donors (Lipinski definition) is 0. The molecule has 0 atom stereocenters. The van der Waals surface area contributed by atoms with E-state index in [-0.39, 0.29) is 5.82 Å². The van der Waals surface area contributed by atoms with E-state index in [9.17, 15) is 4.39 Å². The summed E-state index contributed by atoms with van der Waals surface area (Å²) >= 11 is 4.98. The number of aromatic nitrogens is 1. The third kappa shape index (κ3) is 3.88.